The lowest BCUT2D eigenvalue weighted by molar-refractivity contribution is 0.440. The van der Waals surface area contributed by atoms with E-state index in [0.717, 1.165) is 12.5 Å². The van der Waals surface area contributed by atoms with E-state index in [4.69, 9.17) is 0 Å². The molecule has 1 nitrogen and oxygen atoms in total. The maximum absolute atomic E-state index is 3.70. The molecule has 1 aliphatic carbocycles. The van der Waals surface area contributed by atoms with Gasteiger partial charge in [0, 0.05) is 6.04 Å². The minimum atomic E-state index is 0.658. The van der Waals surface area contributed by atoms with Crippen molar-refractivity contribution in [3.8, 4) is 0 Å². The Kier molecular flexibility index (Phi) is 6.00. The molecular weight excluding hydrogens is 182 g/mol. The van der Waals surface area contributed by atoms with E-state index < -0.39 is 0 Å². The molecule has 0 spiro atoms. The Morgan fingerprint density at radius 3 is 2.67 bits per heavy atom. The molecule has 0 saturated carbocycles. The molecule has 0 amide bonds. The summed E-state index contributed by atoms with van der Waals surface area (Å²) in [4.78, 5) is 0. The summed E-state index contributed by atoms with van der Waals surface area (Å²) in [6.45, 7) is 8.05. The van der Waals surface area contributed by atoms with Crippen molar-refractivity contribution < 1.29 is 0 Å². The summed E-state index contributed by atoms with van der Waals surface area (Å²) in [6, 6.07) is 0.658. The van der Waals surface area contributed by atoms with Gasteiger partial charge in [-0.1, -0.05) is 32.4 Å². The highest BCUT2D eigenvalue weighted by atomic mass is 14.9. The first-order valence-corrected chi connectivity index (χ1v) is 6.66. The molecule has 1 N–H and O–H groups in total. The monoisotopic (exact) mass is 209 g/mol. The second kappa shape index (κ2) is 7.05. The number of allylic oxidation sites excluding steroid dienone is 1. The Labute approximate surface area is 95.3 Å². The zero-order valence-electron chi connectivity index (χ0n) is 10.7. The second-order valence-electron chi connectivity index (χ2n) is 5.16. The zero-order chi connectivity index (χ0) is 11.1. The average Bonchev–Trinajstić information content (AvgIpc) is 2.25. The molecule has 0 bridgehead atoms. The number of hydrogen-bond donors (Lipinski definition) is 1. The minimum absolute atomic E-state index is 0.658. The van der Waals surface area contributed by atoms with Crippen molar-refractivity contribution in [2.24, 2.45) is 5.92 Å². The van der Waals surface area contributed by atoms with Crippen LogP contribution in [-0.4, -0.2) is 12.6 Å². The van der Waals surface area contributed by atoms with Crippen molar-refractivity contribution in [1.29, 1.82) is 0 Å². The molecule has 0 fully saturated rings. The molecule has 0 aliphatic heterocycles. The van der Waals surface area contributed by atoms with Crippen LogP contribution in [0.4, 0.5) is 0 Å². The van der Waals surface area contributed by atoms with Crippen molar-refractivity contribution in [2.75, 3.05) is 6.54 Å². The number of nitrogens with one attached hydrogen (secondary N) is 1. The SMILES string of the molecule is CCCNC(CC(C)C)C1=CCCCC1. The summed E-state index contributed by atoms with van der Waals surface area (Å²) in [6.07, 6.45) is 10.4. The molecule has 1 aliphatic rings. The van der Waals surface area contributed by atoms with E-state index in [1.165, 1.54) is 38.5 Å². The molecular formula is C14H27N. The third-order valence-corrected chi connectivity index (χ3v) is 3.12. The first kappa shape index (κ1) is 12.8. The highest BCUT2D eigenvalue weighted by molar-refractivity contribution is 5.13. The Bertz CT molecular complexity index is 194. The smallest absolute Gasteiger partial charge is 0.0281 e. The molecule has 0 aromatic rings. The van der Waals surface area contributed by atoms with Gasteiger partial charge in [0.15, 0.2) is 0 Å². The second-order valence-corrected chi connectivity index (χ2v) is 5.16. The maximum atomic E-state index is 3.70. The van der Waals surface area contributed by atoms with Crippen LogP contribution in [-0.2, 0) is 0 Å². The predicted octanol–water partition coefficient (Wildman–Crippen LogP) is 3.90. The van der Waals surface area contributed by atoms with Gasteiger partial charge < -0.3 is 5.32 Å². The van der Waals surface area contributed by atoms with Gasteiger partial charge in [-0.3, -0.25) is 0 Å². The molecule has 1 heteroatoms. The van der Waals surface area contributed by atoms with Crippen molar-refractivity contribution in [3.05, 3.63) is 11.6 Å². The fraction of sp³-hybridized carbons (Fsp3) is 0.857. The summed E-state index contributed by atoms with van der Waals surface area (Å²) in [5.74, 6) is 0.794. The van der Waals surface area contributed by atoms with Crippen LogP contribution < -0.4 is 5.32 Å². The van der Waals surface area contributed by atoms with Crippen molar-refractivity contribution >= 4 is 0 Å². The lowest BCUT2D eigenvalue weighted by Gasteiger charge is -2.26. The predicted molar refractivity (Wildman–Crippen MR) is 68.1 cm³/mol. The molecule has 15 heavy (non-hydrogen) atoms. The molecule has 88 valence electrons. The molecule has 1 atom stereocenters. The number of hydrogen-bond acceptors (Lipinski definition) is 1. The van der Waals surface area contributed by atoms with Crippen LogP contribution in [0.5, 0.6) is 0 Å². The van der Waals surface area contributed by atoms with Crippen LogP contribution in [0.1, 0.15) is 59.3 Å². The molecule has 0 saturated heterocycles. The van der Waals surface area contributed by atoms with Gasteiger partial charge in [-0.2, -0.15) is 0 Å². The summed E-state index contributed by atoms with van der Waals surface area (Å²) in [5.41, 5.74) is 1.68. The van der Waals surface area contributed by atoms with Gasteiger partial charge in [0.05, 0.1) is 0 Å². The third kappa shape index (κ3) is 4.83. The van der Waals surface area contributed by atoms with Crippen LogP contribution in [0, 0.1) is 5.92 Å². The quantitative estimate of drug-likeness (QED) is 0.654. The lowest BCUT2D eigenvalue weighted by Crippen LogP contribution is -2.33. The van der Waals surface area contributed by atoms with Gasteiger partial charge in [-0.15, -0.1) is 0 Å². The lowest BCUT2D eigenvalue weighted by atomic mass is 9.89. The Hall–Kier alpha value is -0.300. The van der Waals surface area contributed by atoms with E-state index >= 15 is 0 Å². The van der Waals surface area contributed by atoms with E-state index in [9.17, 15) is 0 Å². The minimum Gasteiger partial charge on any atom is -0.310 e. The first-order chi connectivity index (χ1) is 7.24. The standard InChI is InChI=1S/C14H27N/c1-4-10-15-14(11-12(2)3)13-8-6-5-7-9-13/h8,12,14-15H,4-7,9-11H2,1-3H3. The molecule has 1 rings (SSSR count). The Morgan fingerprint density at radius 2 is 2.13 bits per heavy atom. The fourth-order valence-electron chi connectivity index (χ4n) is 2.34. The number of rotatable bonds is 6. The van der Waals surface area contributed by atoms with Gasteiger partial charge in [0.25, 0.3) is 0 Å². The van der Waals surface area contributed by atoms with Crippen LogP contribution in [0.15, 0.2) is 11.6 Å². The molecule has 0 aromatic heterocycles. The third-order valence-electron chi connectivity index (χ3n) is 3.12. The first-order valence-electron chi connectivity index (χ1n) is 6.66. The van der Waals surface area contributed by atoms with Crippen molar-refractivity contribution in [3.63, 3.8) is 0 Å². The molecule has 0 aromatic carbocycles. The van der Waals surface area contributed by atoms with Gasteiger partial charge in [0.2, 0.25) is 0 Å². The Morgan fingerprint density at radius 1 is 1.33 bits per heavy atom. The summed E-state index contributed by atoms with van der Waals surface area (Å²) in [7, 11) is 0. The normalized spacial score (nSPS) is 19.1. The van der Waals surface area contributed by atoms with Gasteiger partial charge in [-0.05, 0) is 51.0 Å². The van der Waals surface area contributed by atoms with Gasteiger partial charge in [0.1, 0.15) is 0 Å². The van der Waals surface area contributed by atoms with Gasteiger partial charge >= 0.3 is 0 Å². The van der Waals surface area contributed by atoms with Crippen molar-refractivity contribution in [2.45, 2.75) is 65.3 Å². The molecule has 1 unspecified atom stereocenters. The zero-order valence-corrected chi connectivity index (χ0v) is 10.7. The highest BCUT2D eigenvalue weighted by Crippen LogP contribution is 2.23. The van der Waals surface area contributed by atoms with E-state index in [1.54, 1.807) is 5.57 Å². The maximum Gasteiger partial charge on any atom is 0.0281 e. The molecule has 0 heterocycles. The van der Waals surface area contributed by atoms with E-state index in [-0.39, 0.29) is 0 Å². The largest absolute Gasteiger partial charge is 0.310 e. The summed E-state index contributed by atoms with van der Waals surface area (Å²) in [5, 5.41) is 3.70. The molecule has 0 radical (unpaired) electrons. The van der Waals surface area contributed by atoms with Crippen LogP contribution in [0.2, 0.25) is 0 Å². The van der Waals surface area contributed by atoms with E-state index in [0.29, 0.717) is 6.04 Å². The summed E-state index contributed by atoms with van der Waals surface area (Å²) < 4.78 is 0. The van der Waals surface area contributed by atoms with E-state index in [1.807, 2.05) is 0 Å². The van der Waals surface area contributed by atoms with Gasteiger partial charge in [-0.25, -0.2) is 0 Å². The Balaban J connectivity index is 2.49. The van der Waals surface area contributed by atoms with Crippen LogP contribution in [0.3, 0.4) is 0 Å². The van der Waals surface area contributed by atoms with Crippen LogP contribution >= 0.6 is 0 Å². The average molecular weight is 209 g/mol. The summed E-state index contributed by atoms with van der Waals surface area (Å²) >= 11 is 0. The van der Waals surface area contributed by atoms with Crippen molar-refractivity contribution in [1.82, 2.24) is 5.32 Å². The van der Waals surface area contributed by atoms with Crippen LogP contribution in [0.25, 0.3) is 0 Å². The fourth-order valence-corrected chi connectivity index (χ4v) is 2.34. The highest BCUT2D eigenvalue weighted by Gasteiger charge is 2.16. The topological polar surface area (TPSA) is 12.0 Å². The van der Waals surface area contributed by atoms with E-state index in [2.05, 4.69) is 32.2 Å².